The van der Waals surface area contributed by atoms with E-state index in [4.69, 9.17) is 0 Å². The van der Waals surface area contributed by atoms with Gasteiger partial charge in [-0.25, -0.2) is 0 Å². The van der Waals surface area contributed by atoms with Gasteiger partial charge in [0.05, 0.1) is 6.10 Å². The highest BCUT2D eigenvalue weighted by Crippen LogP contribution is 2.74. The Morgan fingerprint density at radius 3 is 2.39 bits per heavy atom. The fourth-order valence-electron chi connectivity index (χ4n) is 9.90. The Kier molecular flexibility index (Phi) is 6.34. The smallest absolute Gasteiger partial charge is 0.145 e. The molecule has 0 amide bonds. The second-order valence-electron chi connectivity index (χ2n) is 13.8. The lowest BCUT2D eigenvalue weighted by molar-refractivity contribution is -0.200. The second kappa shape index (κ2) is 8.32. The van der Waals surface area contributed by atoms with Gasteiger partial charge in [-0.3, -0.25) is 9.59 Å². The summed E-state index contributed by atoms with van der Waals surface area (Å²) in [7, 11) is 0. The monoisotopic (exact) mass is 456 g/mol. The standard InChI is InChI=1S/C30H48O3/c1-19(18-31)9-8-10-20(2)21-11-16-30(7)26-22(12-15-29(21,30)6)28(5)14-13-25(33)27(3,4)24(28)17-23(26)32/h9,18,20-22,24-26,33H,8,10-17H2,1-7H3/b19-9+/t20-,21-,22+,24+,25?,26+,28-,29-,30+/m1/s1. The average Bonchev–Trinajstić information content (AvgIpc) is 3.04. The lowest BCUT2D eigenvalue weighted by Crippen LogP contribution is -2.64. The number of Topliss-reactive ketones (excluding diaryl/α,β-unsaturated/α-hetero) is 1. The first-order valence-corrected chi connectivity index (χ1v) is 13.7. The molecule has 0 heterocycles. The zero-order valence-corrected chi connectivity index (χ0v) is 22.2. The summed E-state index contributed by atoms with van der Waals surface area (Å²) in [5.74, 6) is 2.68. The van der Waals surface area contributed by atoms with Crippen LogP contribution in [0.25, 0.3) is 0 Å². The third-order valence-electron chi connectivity index (χ3n) is 12.2. The molecule has 0 spiro atoms. The Morgan fingerprint density at radius 1 is 1.06 bits per heavy atom. The number of carbonyl (C=O) groups is 2. The van der Waals surface area contributed by atoms with E-state index in [2.05, 4.69) is 47.6 Å². The molecule has 4 rings (SSSR count). The van der Waals surface area contributed by atoms with Crippen LogP contribution in [0.5, 0.6) is 0 Å². The van der Waals surface area contributed by atoms with Gasteiger partial charge in [0.1, 0.15) is 12.1 Å². The average molecular weight is 457 g/mol. The number of carbonyl (C=O) groups excluding carboxylic acids is 2. The largest absolute Gasteiger partial charge is 0.393 e. The highest BCUT2D eigenvalue weighted by atomic mass is 16.3. The number of aliphatic hydroxyl groups is 1. The number of aldehydes is 1. The molecule has 0 aromatic carbocycles. The minimum atomic E-state index is -0.294. The number of allylic oxidation sites excluding steroid dienone is 2. The minimum absolute atomic E-state index is 0.0780. The molecular formula is C30H48O3. The molecule has 33 heavy (non-hydrogen) atoms. The van der Waals surface area contributed by atoms with Crippen molar-refractivity contribution in [2.45, 2.75) is 112 Å². The first-order valence-electron chi connectivity index (χ1n) is 13.7. The van der Waals surface area contributed by atoms with Crippen molar-refractivity contribution in [1.29, 1.82) is 0 Å². The van der Waals surface area contributed by atoms with E-state index in [1.165, 1.54) is 19.3 Å². The van der Waals surface area contributed by atoms with Gasteiger partial charge < -0.3 is 5.11 Å². The van der Waals surface area contributed by atoms with Crippen LogP contribution < -0.4 is 0 Å². The van der Waals surface area contributed by atoms with E-state index >= 15 is 0 Å². The van der Waals surface area contributed by atoms with Crippen molar-refractivity contribution in [3.63, 3.8) is 0 Å². The Hall–Kier alpha value is -0.960. The van der Waals surface area contributed by atoms with Crippen molar-refractivity contribution < 1.29 is 14.7 Å². The molecule has 0 aromatic heterocycles. The van der Waals surface area contributed by atoms with E-state index in [9.17, 15) is 14.7 Å². The van der Waals surface area contributed by atoms with Crippen molar-refractivity contribution in [3.05, 3.63) is 11.6 Å². The fourth-order valence-corrected chi connectivity index (χ4v) is 9.90. The summed E-state index contributed by atoms with van der Waals surface area (Å²) in [5, 5.41) is 10.8. The molecule has 1 N–H and O–H groups in total. The molecule has 0 saturated heterocycles. The van der Waals surface area contributed by atoms with Crippen LogP contribution in [0.2, 0.25) is 0 Å². The summed E-state index contributed by atoms with van der Waals surface area (Å²) in [4.78, 5) is 24.9. The highest BCUT2D eigenvalue weighted by Gasteiger charge is 2.69. The molecule has 4 aliphatic carbocycles. The SMILES string of the molecule is C/C(C=O)=C\CC[C@@H](C)[C@H]1CC[C@@]2(C)[C@@H]3C(=O)C[C@H]4C(C)(C)C(O)CC[C@]4(C)[C@H]3CC[C@]12C. The van der Waals surface area contributed by atoms with Gasteiger partial charge in [-0.15, -0.1) is 0 Å². The van der Waals surface area contributed by atoms with Crippen LogP contribution >= 0.6 is 0 Å². The van der Waals surface area contributed by atoms with Gasteiger partial charge in [-0.2, -0.15) is 0 Å². The summed E-state index contributed by atoms with van der Waals surface area (Å²) in [6.07, 6.45) is 12.2. The molecule has 4 saturated carbocycles. The lowest BCUT2D eigenvalue weighted by Gasteiger charge is -2.66. The van der Waals surface area contributed by atoms with Gasteiger partial charge in [0, 0.05) is 12.3 Å². The van der Waals surface area contributed by atoms with Gasteiger partial charge in [0.15, 0.2) is 0 Å². The molecule has 9 atom stereocenters. The Labute approximate surface area is 202 Å². The summed E-state index contributed by atoms with van der Waals surface area (Å²) in [6, 6.07) is 0. The Bertz CT molecular complexity index is 826. The van der Waals surface area contributed by atoms with E-state index in [0.29, 0.717) is 35.9 Å². The number of rotatable bonds is 5. The van der Waals surface area contributed by atoms with E-state index in [0.717, 1.165) is 44.0 Å². The van der Waals surface area contributed by atoms with Crippen LogP contribution in [0.4, 0.5) is 0 Å². The minimum Gasteiger partial charge on any atom is -0.393 e. The van der Waals surface area contributed by atoms with Crippen LogP contribution in [0, 0.1) is 51.2 Å². The summed E-state index contributed by atoms with van der Waals surface area (Å²) >= 11 is 0. The molecule has 0 bridgehead atoms. The van der Waals surface area contributed by atoms with Gasteiger partial charge in [-0.05, 0) is 109 Å². The molecule has 4 fully saturated rings. The van der Waals surface area contributed by atoms with E-state index < -0.39 is 0 Å². The molecule has 0 aliphatic heterocycles. The first-order chi connectivity index (χ1) is 15.3. The second-order valence-corrected chi connectivity index (χ2v) is 13.8. The van der Waals surface area contributed by atoms with Crippen molar-refractivity contribution in [1.82, 2.24) is 0 Å². The maximum Gasteiger partial charge on any atom is 0.145 e. The van der Waals surface area contributed by atoms with Crippen molar-refractivity contribution in [3.8, 4) is 0 Å². The molecule has 0 radical (unpaired) electrons. The number of hydrogen-bond acceptors (Lipinski definition) is 3. The maximum atomic E-state index is 13.9. The van der Waals surface area contributed by atoms with Gasteiger partial charge in [0.2, 0.25) is 0 Å². The van der Waals surface area contributed by atoms with Crippen LogP contribution in [0.3, 0.4) is 0 Å². The van der Waals surface area contributed by atoms with E-state index in [1.54, 1.807) is 0 Å². The number of hydrogen-bond donors (Lipinski definition) is 1. The molecule has 3 nitrogen and oxygen atoms in total. The summed E-state index contributed by atoms with van der Waals surface area (Å²) in [5.41, 5.74) is 1.09. The molecule has 186 valence electrons. The van der Waals surface area contributed by atoms with Crippen molar-refractivity contribution in [2.24, 2.45) is 51.2 Å². The Balaban J connectivity index is 1.61. The van der Waals surface area contributed by atoms with Gasteiger partial charge in [0.25, 0.3) is 0 Å². The van der Waals surface area contributed by atoms with Crippen molar-refractivity contribution >= 4 is 12.1 Å². The topological polar surface area (TPSA) is 54.4 Å². The van der Waals surface area contributed by atoms with Crippen molar-refractivity contribution in [2.75, 3.05) is 0 Å². The normalized spacial score (nSPS) is 47.9. The lowest BCUT2D eigenvalue weighted by atomic mass is 9.37. The van der Waals surface area contributed by atoms with Crippen LogP contribution in [-0.2, 0) is 9.59 Å². The molecule has 1 unspecified atom stereocenters. The van der Waals surface area contributed by atoms with E-state index in [1.807, 2.05) is 6.92 Å². The summed E-state index contributed by atoms with van der Waals surface area (Å²) in [6.45, 7) is 16.2. The Morgan fingerprint density at radius 2 is 1.73 bits per heavy atom. The molecule has 4 aliphatic rings. The van der Waals surface area contributed by atoms with Crippen LogP contribution in [0.15, 0.2) is 11.6 Å². The molecule has 3 heteroatoms. The zero-order chi connectivity index (χ0) is 24.4. The first kappa shape index (κ1) is 25.1. The van der Waals surface area contributed by atoms with Gasteiger partial charge in [-0.1, -0.05) is 47.6 Å². The zero-order valence-electron chi connectivity index (χ0n) is 22.2. The predicted octanol–water partition coefficient (Wildman–Crippen LogP) is 6.77. The van der Waals surface area contributed by atoms with Gasteiger partial charge >= 0.3 is 0 Å². The van der Waals surface area contributed by atoms with Crippen LogP contribution in [0.1, 0.15) is 106 Å². The quantitative estimate of drug-likeness (QED) is 0.367. The third kappa shape index (κ3) is 3.54. The molecular weight excluding hydrogens is 408 g/mol. The predicted molar refractivity (Wildman–Crippen MR) is 134 cm³/mol. The van der Waals surface area contributed by atoms with Crippen LogP contribution in [-0.4, -0.2) is 23.3 Å². The highest BCUT2D eigenvalue weighted by molar-refractivity contribution is 5.84. The summed E-state index contributed by atoms with van der Waals surface area (Å²) < 4.78 is 0. The number of aliphatic hydroxyl groups excluding tert-OH is 1. The number of fused-ring (bicyclic) bond motifs is 5. The third-order valence-corrected chi connectivity index (χ3v) is 12.2. The number of ketones is 1. The fraction of sp³-hybridized carbons (Fsp3) is 0.867. The van der Waals surface area contributed by atoms with E-state index in [-0.39, 0.29) is 33.7 Å². The molecule has 0 aromatic rings. The maximum absolute atomic E-state index is 13.9.